The number of benzene rings is 1. The molecule has 2 aliphatic carbocycles. The Kier molecular flexibility index (Phi) is 171. The standard InChI is InChI=1S/C7H5.2C5H5.CN.7CO.2Fe.W/c1-7-5-3-2-4-6-7;2*1-2-4-5-3-1;8*1-2;;;/h2-6H;2*1-5H;;;;;;;;;;;/q-1;;;-1;;;;;;;;+1;+2;. The van der Waals surface area contributed by atoms with Crippen LogP contribution in [0, 0.1) is 111 Å². The number of nitrogens with zero attached hydrogens (tertiary/aromatic N) is 1. The van der Waals surface area contributed by atoms with Gasteiger partial charge in [0, 0.05) is 0 Å². The van der Waals surface area contributed by atoms with Crippen LogP contribution in [0.4, 0.5) is 0 Å². The molecule has 2 fully saturated rings. The first-order chi connectivity index (χ1) is 17.3. The molecule has 0 N–H and O–H groups in total. The van der Waals surface area contributed by atoms with E-state index in [4.69, 9.17) is 38.0 Å². The van der Waals surface area contributed by atoms with E-state index < -0.39 is 0 Å². The quantitative estimate of drug-likeness (QED) is 0.180. The molecule has 0 spiro atoms. The normalized spacial score (nSPS) is 9.17. The van der Waals surface area contributed by atoms with Crippen molar-refractivity contribution in [3.63, 3.8) is 0 Å². The average molecular weight is 737 g/mol. The predicted octanol–water partition coefficient (Wildman–Crippen LogP) is 3.05. The van der Waals surface area contributed by atoms with Crippen LogP contribution in [0.1, 0.15) is 5.56 Å². The molecular weight excluding hydrogens is 722 g/mol. The van der Waals surface area contributed by atoms with Crippen molar-refractivity contribution in [3.05, 3.63) is 152 Å². The van der Waals surface area contributed by atoms with Crippen LogP contribution in [0.5, 0.6) is 0 Å². The maximum absolute atomic E-state index is 7.50. The SMILES string of the molecule is [C-]#[O+].[C-]#[O+].[C-]#[O+].[C-]#[O+].[C-]#[O+].[C-]#[O+].[C-]#[O+].[CH]1[CH][CH][CH][CH]1.[CH]1[CH][CH][CH][CH]1.[Fe+2].[Fe+]=[C-]c1ccccc1.[N-]=[C]=[W]. The summed E-state index contributed by atoms with van der Waals surface area (Å²) in [5, 5.41) is 7.36. The zero-order valence-corrected chi connectivity index (χ0v) is 23.2. The van der Waals surface area contributed by atoms with Gasteiger partial charge in [-0.05, 0) is 64.2 Å². The minimum atomic E-state index is 0. The fourth-order valence-electron chi connectivity index (χ4n) is 1.14. The fourth-order valence-corrected chi connectivity index (χ4v) is 1.32. The van der Waals surface area contributed by atoms with Gasteiger partial charge in [-0.25, -0.2) is 0 Å². The molecule has 2 saturated carbocycles. The van der Waals surface area contributed by atoms with Gasteiger partial charge in [-0.3, -0.25) is 0 Å². The summed E-state index contributed by atoms with van der Waals surface area (Å²) in [6.07, 6.45) is 20.0. The van der Waals surface area contributed by atoms with Gasteiger partial charge < -0.3 is 0 Å². The summed E-state index contributed by atoms with van der Waals surface area (Å²) in [4.78, 5) is 2.78. The Morgan fingerprint density at radius 3 is 0.833 bits per heavy atom. The van der Waals surface area contributed by atoms with E-state index in [-0.39, 0.29) is 17.1 Å². The Morgan fingerprint density at radius 2 is 0.722 bits per heavy atom. The molecule has 0 saturated heterocycles. The van der Waals surface area contributed by atoms with E-state index in [1.807, 2.05) is 98.7 Å². The van der Waals surface area contributed by atoms with Gasteiger partial charge in [-0.1, -0.05) is 0 Å². The molecule has 10 radical (unpaired) electrons. The molecule has 11 heteroatoms. The third-order valence-corrected chi connectivity index (χ3v) is 2.31. The van der Waals surface area contributed by atoms with Crippen LogP contribution in [0.25, 0.3) is 5.41 Å². The molecule has 0 heterocycles. The monoisotopic (exact) mass is 737 g/mol. The second-order valence-corrected chi connectivity index (χ2v) is 4.40. The van der Waals surface area contributed by atoms with E-state index in [2.05, 4.69) is 67.0 Å². The first kappa shape index (κ1) is 59.6. The van der Waals surface area contributed by atoms with Crippen LogP contribution in [0.3, 0.4) is 0 Å². The summed E-state index contributed by atoms with van der Waals surface area (Å²) in [5.41, 5.74) is 1.05. The van der Waals surface area contributed by atoms with Gasteiger partial charge in [0.2, 0.25) is 0 Å². The van der Waals surface area contributed by atoms with Crippen molar-refractivity contribution >= 4 is 9.12 Å². The van der Waals surface area contributed by atoms with Gasteiger partial charge in [0.05, 0.1) is 0 Å². The van der Waals surface area contributed by atoms with Gasteiger partial charge in [-0.2, -0.15) is 0 Å². The van der Waals surface area contributed by atoms with Gasteiger partial charge in [0.15, 0.2) is 0 Å². The van der Waals surface area contributed by atoms with Crippen molar-refractivity contribution in [3.8, 4) is 0 Å². The van der Waals surface area contributed by atoms with Crippen LogP contribution in [0.15, 0.2) is 30.3 Å². The summed E-state index contributed by atoms with van der Waals surface area (Å²) in [5.74, 6) is 0. The van der Waals surface area contributed by atoms with E-state index in [0.717, 1.165) is 24.9 Å². The topological polar surface area (TPSA) is 162 Å². The number of hydrogen-bond donors (Lipinski definition) is 0. The Labute approximate surface area is 244 Å². The van der Waals surface area contributed by atoms with Crippen LogP contribution in [-0.4, -0.2) is 9.12 Å². The van der Waals surface area contributed by atoms with Crippen molar-refractivity contribution < 1.29 is 84.6 Å². The first-order valence-electron chi connectivity index (χ1n) is 7.53. The molecule has 2 aliphatic rings. The van der Waals surface area contributed by atoms with Gasteiger partial charge >= 0.3 is 182 Å². The Balaban J connectivity index is -0.0000000337. The molecule has 1 aromatic rings. The van der Waals surface area contributed by atoms with Crippen molar-refractivity contribution in [2.75, 3.05) is 0 Å². The molecule has 0 bridgehead atoms. The number of rotatable bonds is 1. The van der Waals surface area contributed by atoms with E-state index in [1.54, 1.807) is 0 Å². The zero-order chi connectivity index (χ0) is 29.6. The zero-order valence-electron chi connectivity index (χ0n) is 18.1. The molecule has 0 amide bonds. The summed E-state index contributed by atoms with van der Waals surface area (Å²) in [6, 6.07) is 9.84. The van der Waals surface area contributed by atoms with Gasteiger partial charge in [-0.15, -0.1) is 0 Å². The summed E-state index contributed by atoms with van der Waals surface area (Å²) >= 11 is 4.48. The van der Waals surface area contributed by atoms with Crippen molar-refractivity contribution in [1.29, 1.82) is 0 Å². The van der Waals surface area contributed by atoms with Crippen LogP contribution in [-0.2, 0) is 84.6 Å². The maximum atomic E-state index is 7.50. The summed E-state index contributed by atoms with van der Waals surface area (Å²) < 4.78 is 54.3. The average Bonchev–Trinajstić information content (AvgIpc) is 3.78. The Bertz CT molecular complexity index is 573. The van der Waals surface area contributed by atoms with Crippen LogP contribution < -0.4 is 0 Å². The second-order valence-electron chi connectivity index (χ2n) is 3.47. The van der Waals surface area contributed by atoms with Gasteiger partial charge in [0.25, 0.3) is 0 Å². The van der Waals surface area contributed by atoms with Crippen LogP contribution >= 0.6 is 0 Å². The van der Waals surface area contributed by atoms with Crippen molar-refractivity contribution in [2.45, 2.75) is 0 Å². The van der Waals surface area contributed by atoms with Crippen LogP contribution in [0.2, 0.25) is 0 Å². The third-order valence-electron chi connectivity index (χ3n) is 1.99. The molecule has 0 unspecified atom stereocenters. The van der Waals surface area contributed by atoms with E-state index in [9.17, 15) is 0 Å². The summed E-state index contributed by atoms with van der Waals surface area (Å²) in [6.45, 7) is 31.5. The minimum absolute atomic E-state index is 0. The first-order valence-corrected chi connectivity index (χ1v) is 9.55. The third kappa shape index (κ3) is 94.1. The van der Waals surface area contributed by atoms with E-state index >= 15 is 0 Å². The molecule has 0 aliphatic heterocycles. The molecule has 8 nitrogen and oxygen atoms in total. The van der Waals surface area contributed by atoms with Crippen molar-refractivity contribution in [1.82, 2.24) is 0 Å². The van der Waals surface area contributed by atoms with Gasteiger partial charge in [0.1, 0.15) is 0 Å². The molecule has 0 aromatic heterocycles. The van der Waals surface area contributed by atoms with Crippen molar-refractivity contribution in [2.24, 2.45) is 0 Å². The number of hydrogen-bond acceptors (Lipinski definition) is 0. The molecule has 3 rings (SSSR count). The molecule has 183 valence electrons. The molecule has 0 atom stereocenters. The Hall–Kier alpha value is -1.42. The van der Waals surface area contributed by atoms with E-state index in [1.165, 1.54) is 0 Å². The summed E-state index contributed by atoms with van der Waals surface area (Å²) in [7, 11) is 0. The fraction of sp³-hybridized carbons (Fsp3) is 0. The van der Waals surface area contributed by atoms with E-state index in [0.29, 0.717) is 0 Å². The molecular formula is C25H15Fe2NO7W+. The predicted molar refractivity (Wildman–Crippen MR) is 109 cm³/mol. The molecule has 36 heavy (non-hydrogen) atoms. The second kappa shape index (κ2) is 103. The Morgan fingerprint density at radius 1 is 0.556 bits per heavy atom. The molecule has 1 aromatic carbocycles.